The van der Waals surface area contributed by atoms with Crippen LogP contribution in [0.4, 0.5) is 5.95 Å². The molecule has 0 aliphatic rings. The van der Waals surface area contributed by atoms with Crippen molar-refractivity contribution in [2.75, 3.05) is 11.9 Å². The first-order valence-corrected chi connectivity index (χ1v) is 5.26. The van der Waals surface area contributed by atoms with Crippen LogP contribution in [0.5, 0.6) is 6.01 Å². The Labute approximate surface area is 94.8 Å². The Morgan fingerprint density at radius 2 is 2.19 bits per heavy atom. The minimum atomic E-state index is -0.0910. The van der Waals surface area contributed by atoms with Gasteiger partial charge in [-0.1, -0.05) is 20.8 Å². The smallest absolute Gasteiger partial charge is 0.337 e. The van der Waals surface area contributed by atoms with Crippen LogP contribution in [-0.4, -0.2) is 27.7 Å². The molecule has 0 fully saturated rings. The van der Waals surface area contributed by atoms with Crippen LogP contribution in [0.3, 0.4) is 0 Å². The van der Waals surface area contributed by atoms with Crippen LogP contribution >= 0.6 is 0 Å². The first-order chi connectivity index (χ1) is 7.40. The van der Waals surface area contributed by atoms with Crippen molar-refractivity contribution in [3.8, 4) is 6.01 Å². The molecule has 0 bridgehead atoms. The molecule has 0 atom stereocenters. The molecule has 1 aromatic rings. The predicted octanol–water partition coefficient (Wildman–Crippen LogP) is 1.58. The van der Waals surface area contributed by atoms with Gasteiger partial charge in [-0.05, 0) is 12.3 Å². The zero-order valence-electron chi connectivity index (χ0n) is 10.1. The minimum absolute atomic E-state index is 0.0488. The van der Waals surface area contributed by atoms with Crippen LogP contribution in [0.2, 0.25) is 0 Å². The zero-order valence-corrected chi connectivity index (χ0v) is 10.1. The quantitative estimate of drug-likeness (QED) is 0.816. The lowest BCUT2D eigenvalue weighted by Gasteiger charge is -2.16. The van der Waals surface area contributed by atoms with E-state index in [1.807, 2.05) is 27.7 Å². The number of amides is 1. The Morgan fingerprint density at radius 3 is 2.75 bits per heavy atom. The highest BCUT2D eigenvalue weighted by atomic mass is 16.5. The van der Waals surface area contributed by atoms with Crippen LogP contribution in [0.25, 0.3) is 0 Å². The largest absolute Gasteiger partial charge is 0.463 e. The number of carbonyl (C=O) groups excluding carboxylic acids is 1. The van der Waals surface area contributed by atoms with Crippen molar-refractivity contribution in [2.24, 2.45) is 5.41 Å². The van der Waals surface area contributed by atoms with Gasteiger partial charge in [0.1, 0.15) is 0 Å². The summed E-state index contributed by atoms with van der Waals surface area (Å²) in [7, 11) is 0. The van der Waals surface area contributed by atoms with Crippen LogP contribution in [0.15, 0.2) is 0 Å². The maximum absolute atomic E-state index is 11.6. The number of nitrogens with one attached hydrogen (secondary N) is 2. The summed E-state index contributed by atoms with van der Waals surface area (Å²) >= 11 is 0. The van der Waals surface area contributed by atoms with E-state index >= 15 is 0 Å². The van der Waals surface area contributed by atoms with Crippen molar-refractivity contribution in [2.45, 2.75) is 34.1 Å². The molecule has 2 N–H and O–H groups in total. The fourth-order valence-corrected chi connectivity index (χ4v) is 1.15. The molecular weight excluding hydrogens is 208 g/mol. The van der Waals surface area contributed by atoms with Crippen molar-refractivity contribution in [1.82, 2.24) is 15.2 Å². The number of rotatable bonds is 4. The summed E-state index contributed by atoms with van der Waals surface area (Å²) in [5, 5.41) is 9.00. The highest BCUT2D eigenvalue weighted by Gasteiger charge is 2.17. The van der Waals surface area contributed by atoms with Crippen molar-refractivity contribution >= 4 is 11.9 Å². The molecule has 1 aromatic heterocycles. The van der Waals surface area contributed by atoms with Gasteiger partial charge in [-0.15, -0.1) is 5.10 Å². The molecule has 0 spiro atoms. The van der Waals surface area contributed by atoms with E-state index in [1.54, 1.807) is 0 Å². The molecule has 90 valence electrons. The third-order valence-electron chi connectivity index (χ3n) is 1.69. The molecule has 1 rings (SSSR count). The molecule has 16 heavy (non-hydrogen) atoms. The zero-order chi connectivity index (χ0) is 12.2. The first kappa shape index (κ1) is 12.5. The molecule has 0 aromatic carbocycles. The van der Waals surface area contributed by atoms with Gasteiger partial charge >= 0.3 is 6.01 Å². The van der Waals surface area contributed by atoms with Crippen molar-refractivity contribution < 1.29 is 9.53 Å². The van der Waals surface area contributed by atoms with Crippen LogP contribution in [0.1, 0.15) is 34.1 Å². The van der Waals surface area contributed by atoms with Crippen LogP contribution in [-0.2, 0) is 4.79 Å². The standard InChI is InChI=1S/C10H18N4O2/c1-5-16-9-12-8(13-14-9)11-7(15)6-10(2,3)4/h5-6H2,1-4H3,(H2,11,12,13,14,15). The maximum atomic E-state index is 11.6. The third kappa shape index (κ3) is 4.29. The van der Waals surface area contributed by atoms with Crippen LogP contribution in [0, 0.1) is 5.41 Å². The Kier molecular flexibility index (Phi) is 3.87. The monoisotopic (exact) mass is 226 g/mol. The summed E-state index contributed by atoms with van der Waals surface area (Å²) < 4.78 is 5.06. The highest BCUT2D eigenvalue weighted by Crippen LogP contribution is 2.19. The van der Waals surface area contributed by atoms with E-state index in [2.05, 4.69) is 20.5 Å². The van der Waals surface area contributed by atoms with Crippen molar-refractivity contribution in [1.29, 1.82) is 0 Å². The molecule has 1 amide bonds. The number of nitrogens with zero attached hydrogens (tertiary/aromatic N) is 2. The second-order valence-corrected chi connectivity index (χ2v) is 4.69. The van der Waals surface area contributed by atoms with Gasteiger partial charge in [0, 0.05) is 6.42 Å². The summed E-state index contributed by atoms with van der Waals surface area (Å²) in [4.78, 5) is 15.5. The van der Waals surface area contributed by atoms with Gasteiger partial charge in [-0.25, -0.2) is 5.10 Å². The summed E-state index contributed by atoms with van der Waals surface area (Å²) in [5.41, 5.74) is -0.0488. The van der Waals surface area contributed by atoms with Crippen LogP contribution < -0.4 is 10.1 Å². The molecule has 0 saturated heterocycles. The van der Waals surface area contributed by atoms with Gasteiger partial charge < -0.3 is 4.74 Å². The lowest BCUT2D eigenvalue weighted by Crippen LogP contribution is -2.20. The minimum Gasteiger partial charge on any atom is -0.463 e. The molecule has 0 saturated carbocycles. The topological polar surface area (TPSA) is 79.9 Å². The number of carbonyl (C=O) groups is 1. The average molecular weight is 226 g/mol. The van der Waals surface area contributed by atoms with E-state index in [0.29, 0.717) is 19.0 Å². The normalized spacial score (nSPS) is 11.2. The SMILES string of the molecule is CCOc1n[nH]c(NC(=O)CC(C)(C)C)n1. The number of ether oxygens (including phenoxy) is 1. The molecule has 0 aliphatic carbocycles. The summed E-state index contributed by atoms with van der Waals surface area (Å²) in [5.74, 6) is 0.226. The number of hydrogen-bond acceptors (Lipinski definition) is 4. The summed E-state index contributed by atoms with van der Waals surface area (Å²) in [6, 6.07) is 0.244. The number of aromatic nitrogens is 3. The van der Waals surface area contributed by atoms with Crippen molar-refractivity contribution in [3.63, 3.8) is 0 Å². The molecule has 0 aliphatic heterocycles. The summed E-state index contributed by atoms with van der Waals surface area (Å²) in [6.45, 7) is 8.33. The molecule has 6 nitrogen and oxygen atoms in total. The molecule has 6 heteroatoms. The number of hydrogen-bond donors (Lipinski definition) is 2. The average Bonchev–Trinajstić information content (AvgIpc) is 2.49. The molecule has 0 radical (unpaired) electrons. The van der Waals surface area contributed by atoms with E-state index in [1.165, 1.54) is 0 Å². The fourth-order valence-electron chi connectivity index (χ4n) is 1.15. The second kappa shape index (κ2) is 4.96. The van der Waals surface area contributed by atoms with Gasteiger partial charge in [0.2, 0.25) is 11.9 Å². The number of aromatic amines is 1. The van der Waals surface area contributed by atoms with Crippen molar-refractivity contribution in [3.05, 3.63) is 0 Å². The maximum Gasteiger partial charge on any atom is 0.337 e. The highest BCUT2D eigenvalue weighted by molar-refractivity contribution is 5.89. The van der Waals surface area contributed by atoms with E-state index in [4.69, 9.17) is 4.74 Å². The van der Waals surface area contributed by atoms with E-state index in [9.17, 15) is 4.79 Å². The Bertz CT molecular complexity index is 354. The lowest BCUT2D eigenvalue weighted by atomic mass is 9.92. The fraction of sp³-hybridized carbons (Fsp3) is 0.700. The van der Waals surface area contributed by atoms with E-state index in [0.717, 1.165) is 0 Å². The second-order valence-electron chi connectivity index (χ2n) is 4.69. The Hall–Kier alpha value is -1.59. The third-order valence-corrected chi connectivity index (χ3v) is 1.69. The molecule has 0 unspecified atom stereocenters. The number of H-pyrrole nitrogens is 1. The van der Waals surface area contributed by atoms with Gasteiger partial charge in [-0.3, -0.25) is 10.1 Å². The lowest BCUT2D eigenvalue weighted by molar-refractivity contribution is -0.117. The van der Waals surface area contributed by atoms with Gasteiger partial charge in [0.25, 0.3) is 0 Å². The first-order valence-electron chi connectivity index (χ1n) is 5.26. The predicted molar refractivity (Wildman–Crippen MR) is 60.3 cm³/mol. The number of anilines is 1. The molecule has 1 heterocycles. The van der Waals surface area contributed by atoms with Gasteiger partial charge in [0.15, 0.2) is 0 Å². The van der Waals surface area contributed by atoms with Gasteiger partial charge in [0.05, 0.1) is 6.61 Å². The molecular formula is C10H18N4O2. The van der Waals surface area contributed by atoms with Gasteiger partial charge in [-0.2, -0.15) is 4.98 Å². The Morgan fingerprint density at radius 1 is 1.50 bits per heavy atom. The Balaban J connectivity index is 2.50. The summed E-state index contributed by atoms with van der Waals surface area (Å²) in [6.07, 6.45) is 0.428. The van der Waals surface area contributed by atoms with E-state index in [-0.39, 0.29) is 17.3 Å². The van der Waals surface area contributed by atoms with E-state index < -0.39 is 0 Å².